The summed E-state index contributed by atoms with van der Waals surface area (Å²) in [5.74, 6) is 0.735. The largest absolute Gasteiger partial charge is 0.493 e. The highest BCUT2D eigenvalue weighted by molar-refractivity contribution is 9.10. The summed E-state index contributed by atoms with van der Waals surface area (Å²) < 4.78 is 11.2. The molecule has 0 atom stereocenters. The van der Waals surface area contributed by atoms with Crippen molar-refractivity contribution in [2.45, 2.75) is 6.42 Å². The predicted molar refractivity (Wildman–Crippen MR) is 75.8 cm³/mol. The summed E-state index contributed by atoms with van der Waals surface area (Å²) in [7, 11) is 1.45. The highest BCUT2D eigenvalue weighted by atomic mass is 79.9. The van der Waals surface area contributed by atoms with Crippen LogP contribution in [0.2, 0.25) is 0 Å². The highest BCUT2D eigenvalue weighted by Crippen LogP contribution is 2.16. The van der Waals surface area contributed by atoms with Crippen molar-refractivity contribution in [2.75, 3.05) is 19.0 Å². The van der Waals surface area contributed by atoms with E-state index in [0.717, 1.165) is 4.47 Å². The summed E-state index contributed by atoms with van der Waals surface area (Å²) in [6.07, 6.45) is 0.207. The fraction of sp³-hybridized carbons (Fsp3) is 0.250. The van der Waals surface area contributed by atoms with Gasteiger partial charge < -0.3 is 9.47 Å². The van der Waals surface area contributed by atoms with Crippen molar-refractivity contribution in [3.8, 4) is 11.8 Å². The number of carbonyl (C=O) groups excluding carboxylic acids is 1. The van der Waals surface area contributed by atoms with Crippen LogP contribution in [0.3, 0.4) is 0 Å². The third-order valence-electron chi connectivity index (χ3n) is 2.32. The van der Waals surface area contributed by atoms with Gasteiger partial charge in [-0.05, 0) is 24.3 Å². The molecule has 2 rings (SSSR count). The Morgan fingerprint density at radius 2 is 2.15 bits per heavy atom. The number of hydrogen-bond acceptors (Lipinski definition) is 5. The molecule has 0 bridgehead atoms. The van der Waals surface area contributed by atoms with Crippen molar-refractivity contribution >= 4 is 27.8 Å². The lowest BCUT2D eigenvalue weighted by atomic mass is 10.3. The average molecular weight is 341 g/mol. The van der Waals surface area contributed by atoms with Crippen LogP contribution in [0.5, 0.6) is 11.8 Å². The molecule has 0 aliphatic carbocycles. The molecule has 2 N–H and O–H groups in total. The standard InChI is InChI=1S/C12H13BrN4O3/c1-19-12-15-11(16-17-12)14-10(18)6-7-20-9-4-2-8(13)3-5-9/h2-5H,6-7H2,1H3,(H2,14,15,16,17,18). The first-order valence-electron chi connectivity index (χ1n) is 5.82. The summed E-state index contributed by atoms with van der Waals surface area (Å²) >= 11 is 3.34. The maximum absolute atomic E-state index is 11.6. The Hall–Kier alpha value is -2.09. The number of amides is 1. The molecule has 1 aromatic heterocycles. The first-order valence-corrected chi connectivity index (χ1v) is 6.61. The monoisotopic (exact) mass is 340 g/mol. The Balaban J connectivity index is 1.73. The minimum Gasteiger partial charge on any atom is -0.493 e. The molecular weight excluding hydrogens is 328 g/mol. The average Bonchev–Trinajstić information content (AvgIpc) is 2.88. The number of aromatic amines is 1. The molecule has 0 fully saturated rings. The van der Waals surface area contributed by atoms with Crippen molar-refractivity contribution < 1.29 is 14.3 Å². The Morgan fingerprint density at radius 1 is 1.40 bits per heavy atom. The lowest BCUT2D eigenvalue weighted by Crippen LogP contribution is -2.16. The van der Waals surface area contributed by atoms with Crippen LogP contribution in [0.15, 0.2) is 28.7 Å². The van der Waals surface area contributed by atoms with Gasteiger partial charge in [0.05, 0.1) is 20.1 Å². The summed E-state index contributed by atoms with van der Waals surface area (Å²) in [5, 5.41) is 8.81. The zero-order chi connectivity index (χ0) is 14.4. The number of halogens is 1. The molecule has 0 saturated heterocycles. The molecule has 1 amide bonds. The van der Waals surface area contributed by atoms with E-state index in [2.05, 4.69) is 36.4 Å². The number of carbonyl (C=O) groups is 1. The van der Waals surface area contributed by atoms with Crippen LogP contribution in [-0.4, -0.2) is 34.8 Å². The highest BCUT2D eigenvalue weighted by Gasteiger charge is 2.07. The van der Waals surface area contributed by atoms with Gasteiger partial charge in [0.15, 0.2) is 0 Å². The fourth-order valence-corrected chi connectivity index (χ4v) is 1.64. The molecule has 8 heteroatoms. The van der Waals surface area contributed by atoms with Gasteiger partial charge in [-0.1, -0.05) is 15.9 Å². The molecule has 1 heterocycles. The number of aromatic nitrogens is 3. The first-order chi connectivity index (χ1) is 9.67. The zero-order valence-electron chi connectivity index (χ0n) is 10.7. The van der Waals surface area contributed by atoms with Crippen molar-refractivity contribution in [1.82, 2.24) is 15.2 Å². The summed E-state index contributed by atoms with van der Waals surface area (Å²) in [6, 6.07) is 7.56. The van der Waals surface area contributed by atoms with E-state index in [4.69, 9.17) is 9.47 Å². The second-order valence-corrected chi connectivity index (χ2v) is 4.69. The molecule has 106 valence electrons. The van der Waals surface area contributed by atoms with E-state index >= 15 is 0 Å². The number of benzene rings is 1. The quantitative estimate of drug-likeness (QED) is 0.839. The molecule has 0 radical (unpaired) electrons. The summed E-state index contributed by atoms with van der Waals surface area (Å²) in [6.45, 7) is 0.277. The lowest BCUT2D eigenvalue weighted by molar-refractivity contribution is -0.116. The molecule has 0 saturated carbocycles. The molecule has 1 aromatic carbocycles. The topological polar surface area (TPSA) is 89.1 Å². The number of H-pyrrole nitrogens is 1. The van der Waals surface area contributed by atoms with Gasteiger partial charge in [0.2, 0.25) is 11.9 Å². The maximum atomic E-state index is 11.6. The molecule has 0 aliphatic rings. The molecular formula is C12H13BrN4O3. The van der Waals surface area contributed by atoms with Crippen LogP contribution in [0.25, 0.3) is 0 Å². The Kier molecular flexibility index (Phi) is 4.94. The zero-order valence-corrected chi connectivity index (χ0v) is 12.3. The SMILES string of the molecule is COc1n[nH]c(NC(=O)CCOc2ccc(Br)cc2)n1. The Labute approximate surface area is 123 Å². The predicted octanol–water partition coefficient (Wildman–Crippen LogP) is 1.98. The number of nitrogens with zero attached hydrogens (tertiary/aromatic N) is 2. The van der Waals surface area contributed by atoms with Gasteiger partial charge in [-0.3, -0.25) is 10.1 Å². The van der Waals surface area contributed by atoms with Crippen molar-refractivity contribution in [3.63, 3.8) is 0 Å². The minimum absolute atomic E-state index is 0.173. The van der Waals surface area contributed by atoms with E-state index in [-0.39, 0.29) is 30.9 Å². The van der Waals surface area contributed by atoms with Crippen molar-refractivity contribution in [1.29, 1.82) is 0 Å². The van der Waals surface area contributed by atoms with Crippen LogP contribution >= 0.6 is 15.9 Å². The number of nitrogens with one attached hydrogen (secondary N) is 2. The van der Waals surface area contributed by atoms with E-state index in [1.807, 2.05) is 24.3 Å². The molecule has 20 heavy (non-hydrogen) atoms. The van der Waals surface area contributed by atoms with Gasteiger partial charge in [-0.15, -0.1) is 5.10 Å². The van der Waals surface area contributed by atoms with Crippen LogP contribution in [0.4, 0.5) is 5.95 Å². The number of anilines is 1. The third-order valence-corrected chi connectivity index (χ3v) is 2.85. The van der Waals surface area contributed by atoms with E-state index < -0.39 is 0 Å². The van der Waals surface area contributed by atoms with Gasteiger partial charge in [0.1, 0.15) is 5.75 Å². The van der Waals surface area contributed by atoms with Gasteiger partial charge in [0.25, 0.3) is 0 Å². The molecule has 0 unspecified atom stereocenters. The first kappa shape index (κ1) is 14.3. The third kappa shape index (κ3) is 4.23. The fourth-order valence-electron chi connectivity index (χ4n) is 1.38. The van der Waals surface area contributed by atoms with E-state index in [1.165, 1.54) is 7.11 Å². The van der Waals surface area contributed by atoms with Crippen LogP contribution in [0, 0.1) is 0 Å². The van der Waals surface area contributed by atoms with E-state index in [0.29, 0.717) is 5.75 Å². The maximum Gasteiger partial charge on any atom is 0.336 e. The van der Waals surface area contributed by atoms with Crippen LogP contribution in [-0.2, 0) is 4.79 Å². The number of ether oxygens (including phenoxy) is 2. The molecule has 0 aliphatic heterocycles. The number of methoxy groups -OCH3 is 1. The van der Waals surface area contributed by atoms with E-state index in [9.17, 15) is 4.79 Å². The normalized spacial score (nSPS) is 10.1. The molecule has 0 spiro atoms. The van der Waals surface area contributed by atoms with Crippen molar-refractivity contribution in [2.24, 2.45) is 0 Å². The number of hydrogen-bond donors (Lipinski definition) is 2. The van der Waals surface area contributed by atoms with Gasteiger partial charge in [0, 0.05) is 4.47 Å². The second-order valence-electron chi connectivity index (χ2n) is 3.77. The van der Waals surface area contributed by atoms with Crippen LogP contribution in [0.1, 0.15) is 6.42 Å². The Bertz CT molecular complexity index is 570. The van der Waals surface area contributed by atoms with Gasteiger partial charge in [-0.25, -0.2) is 5.10 Å². The van der Waals surface area contributed by atoms with Gasteiger partial charge >= 0.3 is 6.01 Å². The van der Waals surface area contributed by atoms with Gasteiger partial charge in [-0.2, -0.15) is 4.98 Å². The molecule has 7 nitrogen and oxygen atoms in total. The Morgan fingerprint density at radius 3 is 2.80 bits per heavy atom. The number of rotatable bonds is 6. The van der Waals surface area contributed by atoms with Crippen molar-refractivity contribution in [3.05, 3.63) is 28.7 Å². The summed E-state index contributed by atoms with van der Waals surface area (Å²) in [4.78, 5) is 15.5. The second kappa shape index (κ2) is 6.90. The lowest BCUT2D eigenvalue weighted by Gasteiger charge is -2.05. The molecule has 2 aromatic rings. The smallest absolute Gasteiger partial charge is 0.336 e. The van der Waals surface area contributed by atoms with Crippen LogP contribution < -0.4 is 14.8 Å². The minimum atomic E-state index is -0.221. The summed E-state index contributed by atoms with van der Waals surface area (Å²) in [5.41, 5.74) is 0. The van der Waals surface area contributed by atoms with E-state index in [1.54, 1.807) is 0 Å².